The Hall–Kier alpha value is -3.07. The van der Waals surface area contributed by atoms with Crippen molar-refractivity contribution in [2.24, 2.45) is 5.92 Å². The second-order valence-corrected chi connectivity index (χ2v) is 8.71. The van der Waals surface area contributed by atoms with Crippen molar-refractivity contribution < 1.29 is 14.3 Å². The summed E-state index contributed by atoms with van der Waals surface area (Å²) in [6.45, 7) is 9.95. The van der Waals surface area contributed by atoms with Crippen molar-refractivity contribution in [1.29, 1.82) is 5.26 Å². The molecule has 164 valence electrons. The van der Waals surface area contributed by atoms with Gasteiger partial charge in [-0.2, -0.15) is 5.26 Å². The highest BCUT2D eigenvalue weighted by Gasteiger charge is 2.26. The van der Waals surface area contributed by atoms with Crippen LogP contribution >= 0.6 is 0 Å². The molecule has 31 heavy (non-hydrogen) atoms. The highest BCUT2D eigenvalue weighted by atomic mass is 16.5. The molecule has 1 fully saturated rings. The van der Waals surface area contributed by atoms with Crippen LogP contribution < -0.4 is 14.4 Å². The van der Waals surface area contributed by atoms with Crippen LogP contribution in [-0.2, 0) is 4.79 Å². The van der Waals surface area contributed by atoms with Crippen molar-refractivity contribution in [3.05, 3.63) is 47.7 Å². The minimum atomic E-state index is 0.0419. The average molecular weight is 422 g/mol. The molecule has 2 heterocycles. The molecule has 2 atom stereocenters. The van der Waals surface area contributed by atoms with Crippen molar-refractivity contribution in [3.63, 3.8) is 0 Å². The van der Waals surface area contributed by atoms with Crippen molar-refractivity contribution in [2.45, 2.75) is 52.6 Å². The smallest absolute Gasteiger partial charge is 0.215 e. The molecule has 0 unspecified atom stereocenters. The summed E-state index contributed by atoms with van der Waals surface area (Å²) in [5, 5.41) is 9.50. The zero-order valence-corrected chi connectivity index (χ0v) is 18.8. The fourth-order valence-electron chi connectivity index (χ4n) is 3.76. The van der Waals surface area contributed by atoms with E-state index in [9.17, 15) is 10.1 Å². The van der Waals surface area contributed by atoms with Crippen molar-refractivity contribution >= 4 is 11.5 Å². The monoisotopic (exact) mass is 421 g/mol. The van der Waals surface area contributed by atoms with Gasteiger partial charge in [0.05, 0.1) is 30.6 Å². The predicted octanol–water partition coefficient (Wildman–Crippen LogP) is 4.73. The number of rotatable bonds is 9. The van der Waals surface area contributed by atoms with Crippen LogP contribution in [0.1, 0.15) is 57.6 Å². The molecule has 6 nitrogen and oxygen atoms in total. The van der Waals surface area contributed by atoms with Crippen LogP contribution in [0.15, 0.2) is 36.5 Å². The Labute approximate surface area is 184 Å². The maximum Gasteiger partial charge on any atom is 0.215 e. The number of nitrogens with zero attached hydrogens (tertiary/aromatic N) is 3. The summed E-state index contributed by atoms with van der Waals surface area (Å²) in [5.74, 6) is 2.17. The number of carbonyl (C=O) groups is 1. The van der Waals surface area contributed by atoms with Gasteiger partial charge in [0.25, 0.3) is 0 Å². The highest BCUT2D eigenvalue weighted by Crippen LogP contribution is 2.29. The zero-order chi connectivity index (χ0) is 22.4. The molecule has 0 aliphatic carbocycles. The van der Waals surface area contributed by atoms with Gasteiger partial charge in [0.1, 0.15) is 23.7 Å². The fourth-order valence-corrected chi connectivity index (χ4v) is 3.76. The van der Waals surface area contributed by atoms with E-state index in [1.807, 2.05) is 30.3 Å². The van der Waals surface area contributed by atoms with Gasteiger partial charge in [-0.15, -0.1) is 0 Å². The zero-order valence-electron chi connectivity index (χ0n) is 18.8. The summed E-state index contributed by atoms with van der Waals surface area (Å²) < 4.78 is 11.9. The van der Waals surface area contributed by atoms with Gasteiger partial charge in [0.15, 0.2) is 0 Å². The average Bonchev–Trinajstić information content (AvgIpc) is 3.20. The van der Waals surface area contributed by atoms with Crippen LogP contribution in [0.5, 0.6) is 11.6 Å². The first kappa shape index (κ1) is 22.6. The highest BCUT2D eigenvalue weighted by molar-refractivity contribution is 5.76. The topological polar surface area (TPSA) is 75.4 Å². The summed E-state index contributed by atoms with van der Waals surface area (Å²) >= 11 is 0. The Kier molecular flexibility index (Phi) is 7.51. The number of pyridine rings is 1. The predicted molar refractivity (Wildman–Crippen MR) is 121 cm³/mol. The molecule has 1 aromatic heterocycles. The lowest BCUT2D eigenvalue weighted by molar-refractivity contribution is -0.117. The standard InChI is InChI=1S/C25H31N3O3/c1-17(2)16-30-25-12-24(21(13-26)14-27-25)28-10-9-23(15-28)31-22-7-5-20(6-8-22)18(3)11-19(4)29/h5-8,12,14,17-18,23H,9-11,15-16H2,1-4H3/t18-,23-/m1/s1. The van der Waals surface area contributed by atoms with Gasteiger partial charge < -0.3 is 19.2 Å². The second-order valence-electron chi connectivity index (χ2n) is 8.71. The number of ketones is 1. The van der Waals surface area contributed by atoms with Gasteiger partial charge >= 0.3 is 0 Å². The largest absolute Gasteiger partial charge is 0.489 e. The summed E-state index contributed by atoms with van der Waals surface area (Å²) in [6, 6.07) is 12.1. The van der Waals surface area contributed by atoms with Gasteiger partial charge in [-0.3, -0.25) is 0 Å². The third-order valence-corrected chi connectivity index (χ3v) is 5.37. The van der Waals surface area contributed by atoms with Gasteiger partial charge in [0.2, 0.25) is 5.88 Å². The van der Waals surface area contributed by atoms with Crippen molar-refractivity contribution in [1.82, 2.24) is 4.98 Å². The minimum absolute atomic E-state index is 0.0419. The number of hydrogen-bond acceptors (Lipinski definition) is 6. The van der Waals surface area contributed by atoms with E-state index >= 15 is 0 Å². The second kappa shape index (κ2) is 10.3. The number of nitriles is 1. The number of Topliss-reactive ketones (excluding diaryl/α,β-unsaturated/α-hetero) is 1. The molecule has 1 aliphatic heterocycles. The number of carbonyl (C=O) groups excluding carboxylic acids is 1. The van der Waals surface area contributed by atoms with E-state index in [4.69, 9.17) is 9.47 Å². The molecule has 1 saturated heterocycles. The molecule has 0 amide bonds. The molecule has 1 aliphatic rings. The van der Waals surface area contributed by atoms with Crippen LogP contribution in [-0.4, -0.2) is 36.6 Å². The first-order valence-corrected chi connectivity index (χ1v) is 10.9. The first-order valence-electron chi connectivity index (χ1n) is 10.9. The van der Waals surface area contributed by atoms with Crippen molar-refractivity contribution in [3.8, 4) is 17.7 Å². The van der Waals surface area contributed by atoms with Crippen LogP contribution in [0.3, 0.4) is 0 Å². The van der Waals surface area contributed by atoms with Crippen LogP contribution in [0.2, 0.25) is 0 Å². The molecular weight excluding hydrogens is 390 g/mol. The quantitative estimate of drug-likeness (QED) is 0.583. The number of ether oxygens (including phenoxy) is 2. The van der Waals surface area contributed by atoms with Crippen LogP contribution in [0.4, 0.5) is 5.69 Å². The molecule has 3 rings (SSSR count). The maximum atomic E-state index is 11.3. The van der Waals surface area contributed by atoms with Gasteiger partial charge in [0, 0.05) is 25.5 Å². The molecule has 0 spiro atoms. The molecule has 1 aromatic carbocycles. The van der Waals surface area contributed by atoms with E-state index in [1.165, 1.54) is 0 Å². The molecule has 0 bridgehead atoms. The lowest BCUT2D eigenvalue weighted by Crippen LogP contribution is -2.25. The molecule has 0 N–H and O–H groups in total. The molecule has 0 saturated carbocycles. The lowest BCUT2D eigenvalue weighted by Gasteiger charge is -2.21. The minimum Gasteiger partial charge on any atom is -0.489 e. The van der Waals surface area contributed by atoms with E-state index in [0.29, 0.717) is 36.9 Å². The number of aromatic nitrogens is 1. The van der Waals surface area contributed by atoms with E-state index in [-0.39, 0.29) is 17.8 Å². The summed E-state index contributed by atoms with van der Waals surface area (Å²) in [5.41, 5.74) is 2.53. The summed E-state index contributed by atoms with van der Waals surface area (Å²) in [6.07, 6.45) is 3.05. The van der Waals surface area contributed by atoms with Gasteiger partial charge in [-0.25, -0.2) is 4.98 Å². The lowest BCUT2D eigenvalue weighted by atomic mass is 9.96. The molecule has 0 radical (unpaired) electrons. The SMILES string of the molecule is CC(=O)C[C@@H](C)c1ccc(O[C@@H]2CCN(c3cc(OCC(C)C)ncc3C#N)C2)cc1. The van der Waals surface area contributed by atoms with Crippen molar-refractivity contribution in [2.75, 3.05) is 24.6 Å². The maximum absolute atomic E-state index is 11.3. The molecule has 6 heteroatoms. The number of anilines is 1. The van der Waals surface area contributed by atoms with Gasteiger partial charge in [-0.05, 0) is 36.5 Å². The molecule has 2 aromatic rings. The van der Waals surface area contributed by atoms with Crippen LogP contribution in [0, 0.1) is 17.2 Å². The van der Waals surface area contributed by atoms with E-state index in [2.05, 4.69) is 36.7 Å². The summed E-state index contributed by atoms with van der Waals surface area (Å²) in [4.78, 5) is 17.8. The Morgan fingerprint density at radius 2 is 2.03 bits per heavy atom. The van der Waals surface area contributed by atoms with E-state index < -0.39 is 0 Å². The third kappa shape index (κ3) is 6.21. The summed E-state index contributed by atoms with van der Waals surface area (Å²) in [7, 11) is 0. The Balaban J connectivity index is 1.63. The molecular formula is C25H31N3O3. The number of benzene rings is 1. The third-order valence-electron chi connectivity index (χ3n) is 5.37. The van der Waals surface area contributed by atoms with Crippen LogP contribution in [0.25, 0.3) is 0 Å². The van der Waals surface area contributed by atoms with E-state index in [1.54, 1.807) is 13.1 Å². The number of hydrogen-bond donors (Lipinski definition) is 0. The Morgan fingerprint density at radius 1 is 1.29 bits per heavy atom. The fraction of sp³-hybridized carbons (Fsp3) is 0.480. The Bertz CT molecular complexity index is 934. The normalized spacial score (nSPS) is 16.8. The first-order chi connectivity index (χ1) is 14.9. The van der Waals surface area contributed by atoms with E-state index in [0.717, 1.165) is 30.0 Å². The Morgan fingerprint density at radius 3 is 2.68 bits per heavy atom. The van der Waals surface area contributed by atoms with Gasteiger partial charge in [-0.1, -0.05) is 32.9 Å².